The number of carbonyl (C=O) groups is 2. The fourth-order valence-corrected chi connectivity index (χ4v) is 3.88. The van der Waals surface area contributed by atoms with Gasteiger partial charge in [-0.25, -0.2) is 4.98 Å². The first-order chi connectivity index (χ1) is 13.5. The summed E-state index contributed by atoms with van der Waals surface area (Å²) in [5.41, 5.74) is 1.80. The highest BCUT2D eigenvalue weighted by Gasteiger charge is 2.45. The van der Waals surface area contributed by atoms with E-state index in [4.69, 9.17) is 0 Å². The van der Waals surface area contributed by atoms with Crippen LogP contribution in [0.15, 0.2) is 65.4 Å². The third-order valence-corrected chi connectivity index (χ3v) is 6.00. The van der Waals surface area contributed by atoms with Gasteiger partial charge in [-0.15, -0.1) is 0 Å². The molecule has 5 nitrogen and oxygen atoms in total. The number of amides is 1. The lowest BCUT2D eigenvalue weighted by atomic mass is 9.64. The summed E-state index contributed by atoms with van der Waals surface area (Å²) in [5, 5.41) is 3.03. The van der Waals surface area contributed by atoms with Gasteiger partial charge in [0, 0.05) is 35.2 Å². The number of hydrogen-bond acceptors (Lipinski definition) is 3. The van der Waals surface area contributed by atoms with Crippen molar-refractivity contribution in [1.29, 1.82) is 0 Å². The molecule has 142 valence electrons. The molecule has 28 heavy (non-hydrogen) atoms. The predicted molar refractivity (Wildman–Crippen MR) is 111 cm³/mol. The molecule has 1 aliphatic carbocycles. The van der Waals surface area contributed by atoms with Crippen LogP contribution in [-0.2, 0) is 17.3 Å². The number of aromatic nitrogens is 2. The Morgan fingerprint density at radius 2 is 1.75 bits per heavy atom. The Kier molecular flexibility index (Phi) is 4.89. The highest BCUT2D eigenvalue weighted by atomic mass is 79.9. The molecule has 4 rings (SSSR count). The first kappa shape index (κ1) is 18.6. The normalized spacial score (nSPS) is 14.9. The van der Waals surface area contributed by atoms with E-state index in [1.165, 1.54) is 0 Å². The number of nitrogens with zero attached hydrogens (tertiary/aromatic N) is 2. The summed E-state index contributed by atoms with van der Waals surface area (Å²) in [6.45, 7) is 0. The average molecular weight is 438 g/mol. The zero-order valence-electron chi connectivity index (χ0n) is 15.5. The fourth-order valence-electron chi connectivity index (χ4n) is 3.62. The van der Waals surface area contributed by atoms with Gasteiger partial charge in [0.25, 0.3) is 0 Å². The van der Waals surface area contributed by atoms with E-state index in [0.717, 1.165) is 29.3 Å². The van der Waals surface area contributed by atoms with E-state index in [2.05, 4.69) is 26.2 Å². The maximum atomic E-state index is 13.0. The maximum Gasteiger partial charge on any atom is 0.235 e. The lowest BCUT2D eigenvalue weighted by Gasteiger charge is -2.40. The number of benzene rings is 2. The van der Waals surface area contributed by atoms with Crippen molar-refractivity contribution >= 4 is 33.3 Å². The summed E-state index contributed by atoms with van der Waals surface area (Å²) in [6.07, 6.45) is 6.07. The van der Waals surface area contributed by atoms with Gasteiger partial charge in [0.2, 0.25) is 11.7 Å². The number of rotatable bonds is 5. The van der Waals surface area contributed by atoms with Gasteiger partial charge in [0.1, 0.15) is 0 Å². The van der Waals surface area contributed by atoms with E-state index >= 15 is 0 Å². The second-order valence-electron chi connectivity index (χ2n) is 7.16. The Labute approximate surface area is 171 Å². The van der Waals surface area contributed by atoms with Crippen LogP contribution in [-0.4, -0.2) is 21.2 Å². The number of carbonyl (C=O) groups excluding carboxylic acids is 2. The third-order valence-electron chi connectivity index (χ3n) is 5.47. The topological polar surface area (TPSA) is 64.0 Å². The summed E-state index contributed by atoms with van der Waals surface area (Å²) in [4.78, 5) is 29.7. The number of hydrogen-bond donors (Lipinski definition) is 1. The number of ketones is 1. The van der Waals surface area contributed by atoms with Crippen molar-refractivity contribution in [3.63, 3.8) is 0 Å². The van der Waals surface area contributed by atoms with E-state index in [9.17, 15) is 9.59 Å². The molecule has 1 heterocycles. The van der Waals surface area contributed by atoms with Crippen molar-refractivity contribution in [2.75, 3.05) is 5.32 Å². The van der Waals surface area contributed by atoms with Crippen LogP contribution in [0.4, 0.5) is 5.69 Å². The Hall–Kier alpha value is -2.73. The SMILES string of the molecule is Cn1ccnc1C(=O)c1ccc(NC(=O)C2(c3ccc(Br)cc3)CCC2)cc1. The van der Waals surface area contributed by atoms with Crippen LogP contribution in [0.1, 0.15) is 41.0 Å². The molecule has 1 aromatic heterocycles. The molecule has 1 fully saturated rings. The summed E-state index contributed by atoms with van der Waals surface area (Å²) >= 11 is 3.45. The monoisotopic (exact) mass is 437 g/mol. The van der Waals surface area contributed by atoms with E-state index < -0.39 is 5.41 Å². The first-order valence-corrected chi connectivity index (χ1v) is 9.98. The van der Waals surface area contributed by atoms with Crippen molar-refractivity contribution < 1.29 is 9.59 Å². The molecule has 1 amide bonds. The van der Waals surface area contributed by atoms with Crippen LogP contribution >= 0.6 is 15.9 Å². The number of aryl methyl sites for hydroxylation is 1. The molecular formula is C22H20BrN3O2. The minimum atomic E-state index is -0.470. The van der Waals surface area contributed by atoms with Crippen LogP contribution in [0.25, 0.3) is 0 Å². The molecule has 1 N–H and O–H groups in total. The van der Waals surface area contributed by atoms with Gasteiger partial charge in [-0.05, 0) is 54.8 Å². The van der Waals surface area contributed by atoms with Gasteiger partial charge in [-0.2, -0.15) is 0 Å². The fraction of sp³-hybridized carbons (Fsp3) is 0.227. The van der Waals surface area contributed by atoms with E-state index in [1.807, 2.05) is 24.3 Å². The van der Waals surface area contributed by atoms with Gasteiger partial charge < -0.3 is 9.88 Å². The summed E-state index contributed by atoms with van der Waals surface area (Å²) in [6, 6.07) is 14.9. The summed E-state index contributed by atoms with van der Waals surface area (Å²) in [7, 11) is 1.79. The zero-order valence-corrected chi connectivity index (χ0v) is 17.1. The highest BCUT2D eigenvalue weighted by Crippen LogP contribution is 2.44. The molecule has 2 aromatic carbocycles. The molecule has 0 bridgehead atoms. The first-order valence-electron chi connectivity index (χ1n) is 9.19. The van der Waals surface area contributed by atoms with Crippen LogP contribution in [0.5, 0.6) is 0 Å². The Balaban J connectivity index is 1.51. The lowest BCUT2D eigenvalue weighted by Crippen LogP contribution is -2.46. The molecule has 0 radical (unpaired) electrons. The van der Waals surface area contributed by atoms with E-state index in [1.54, 1.807) is 48.3 Å². The van der Waals surface area contributed by atoms with Crippen molar-refractivity contribution in [2.45, 2.75) is 24.7 Å². The second kappa shape index (κ2) is 7.36. The minimum Gasteiger partial charge on any atom is -0.331 e. The summed E-state index contributed by atoms with van der Waals surface area (Å²) < 4.78 is 2.69. The van der Waals surface area contributed by atoms with Crippen LogP contribution in [0.3, 0.4) is 0 Å². The average Bonchev–Trinajstić information content (AvgIpc) is 3.08. The molecule has 0 aliphatic heterocycles. The van der Waals surface area contributed by atoms with Crippen LogP contribution < -0.4 is 5.32 Å². The third kappa shape index (κ3) is 3.29. The van der Waals surface area contributed by atoms with Crippen LogP contribution in [0, 0.1) is 0 Å². The summed E-state index contributed by atoms with van der Waals surface area (Å²) in [5.74, 6) is 0.250. The van der Waals surface area contributed by atoms with E-state index in [0.29, 0.717) is 17.1 Å². The molecule has 1 saturated carbocycles. The van der Waals surface area contributed by atoms with Crippen molar-refractivity contribution in [2.24, 2.45) is 7.05 Å². The Morgan fingerprint density at radius 1 is 1.07 bits per heavy atom. The van der Waals surface area contributed by atoms with Gasteiger partial charge in [0.15, 0.2) is 5.82 Å². The molecular weight excluding hydrogens is 418 g/mol. The molecule has 0 atom stereocenters. The van der Waals surface area contributed by atoms with Gasteiger partial charge in [-0.3, -0.25) is 9.59 Å². The smallest absolute Gasteiger partial charge is 0.235 e. The standard InChI is InChI=1S/C22H20BrN3O2/c1-26-14-13-24-20(26)19(27)15-3-9-18(10-4-15)25-21(28)22(11-2-12-22)16-5-7-17(23)8-6-16/h3-10,13-14H,2,11-12H2,1H3,(H,25,28). The highest BCUT2D eigenvalue weighted by molar-refractivity contribution is 9.10. The molecule has 0 spiro atoms. The quantitative estimate of drug-likeness (QED) is 0.598. The number of anilines is 1. The Morgan fingerprint density at radius 3 is 2.29 bits per heavy atom. The number of nitrogens with one attached hydrogen (secondary N) is 1. The number of halogens is 1. The molecule has 3 aromatic rings. The molecule has 0 unspecified atom stereocenters. The largest absolute Gasteiger partial charge is 0.331 e. The van der Waals surface area contributed by atoms with Gasteiger partial charge in [0.05, 0.1) is 5.41 Å². The van der Waals surface area contributed by atoms with Crippen LogP contribution in [0.2, 0.25) is 0 Å². The molecule has 1 aliphatic rings. The zero-order chi connectivity index (χ0) is 19.7. The molecule has 6 heteroatoms. The van der Waals surface area contributed by atoms with E-state index in [-0.39, 0.29) is 11.7 Å². The second-order valence-corrected chi connectivity index (χ2v) is 8.08. The number of imidazole rings is 1. The van der Waals surface area contributed by atoms with Crippen molar-refractivity contribution in [1.82, 2.24) is 9.55 Å². The predicted octanol–water partition coefficient (Wildman–Crippen LogP) is 4.47. The minimum absolute atomic E-state index is 0.00394. The van der Waals surface area contributed by atoms with Gasteiger partial charge >= 0.3 is 0 Å². The Bertz CT molecular complexity index is 1020. The molecule has 0 saturated heterocycles. The van der Waals surface area contributed by atoms with Gasteiger partial charge in [-0.1, -0.05) is 34.5 Å². The lowest BCUT2D eigenvalue weighted by molar-refractivity contribution is -0.124. The van der Waals surface area contributed by atoms with Crippen molar-refractivity contribution in [3.05, 3.63) is 82.3 Å². The van der Waals surface area contributed by atoms with Crippen molar-refractivity contribution in [3.8, 4) is 0 Å². The maximum absolute atomic E-state index is 13.0.